The van der Waals surface area contributed by atoms with Gasteiger partial charge in [0.25, 0.3) is 0 Å². The molecule has 0 heterocycles. The molecule has 0 radical (unpaired) electrons. The third-order valence-electron chi connectivity index (χ3n) is 2.92. The molecule has 0 aliphatic rings. The molecule has 0 aromatic heterocycles. The summed E-state index contributed by atoms with van der Waals surface area (Å²) in [4.78, 5) is 12.1. The van der Waals surface area contributed by atoms with Crippen LogP contribution in [0.15, 0.2) is 23.1 Å². The zero-order valence-corrected chi connectivity index (χ0v) is 12.4. The van der Waals surface area contributed by atoms with E-state index >= 15 is 0 Å². The number of anilines is 1. The van der Waals surface area contributed by atoms with Crippen LogP contribution in [-0.2, 0) is 14.6 Å². The van der Waals surface area contributed by atoms with Gasteiger partial charge in [-0.3, -0.25) is 4.79 Å². The number of aryl methyl sites for hydroxylation is 1. The minimum Gasteiger partial charge on any atom is -0.324 e. The zero-order valence-electron chi connectivity index (χ0n) is 11.6. The van der Waals surface area contributed by atoms with E-state index in [9.17, 15) is 13.2 Å². The van der Waals surface area contributed by atoms with E-state index in [1.54, 1.807) is 13.0 Å². The predicted octanol–water partition coefficient (Wildman–Crippen LogP) is 1.32. The van der Waals surface area contributed by atoms with Crippen LogP contribution in [0.2, 0.25) is 0 Å². The zero-order chi connectivity index (χ0) is 14.8. The van der Waals surface area contributed by atoms with Crippen molar-refractivity contribution >= 4 is 21.4 Å². The third kappa shape index (κ3) is 4.04. The van der Waals surface area contributed by atoms with E-state index in [4.69, 9.17) is 5.73 Å². The van der Waals surface area contributed by atoms with Gasteiger partial charge in [0.2, 0.25) is 5.91 Å². The molecule has 1 aromatic rings. The Labute approximate surface area is 114 Å². The lowest BCUT2D eigenvalue weighted by molar-refractivity contribution is -0.118. The largest absolute Gasteiger partial charge is 0.324 e. The number of benzene rings is 1. The molecule has 0 aliphatic carbocycles. The highest BCUT2D eigenvalue weighted by atomic mass is 32.2. The summed E-state index contributed by atoms with van der Waals surface area (Å²) in [6.07, 6.45) is 1.13. The summed E-state index contributed by atoms with van der Waals surface area (Å²) in [6.45, 7) is 5.50. The Morgan fingerprint density at radius 1 is 1.32 bits per heavy atom. The SMILES string of the molecule is Cc1ccc(S(C)(=O)=O)cc1NC(=O)[C@@H](N)C(C)C. The monoisotopic (exact) mass is 284 g/mol. The quantitative estimate of drug-likeness (QED) is 0.872. The Bertz CT molecular complexity index is 580. The van der Waals surface area contributed by atoms with Crippen molar-refractivity contribution in [1.29, 1.82) is 0 Å². The van der Waals surface area contributed by atoms with Crippen molar-refractivity contribution < 1.29 is 13.2 Å². The molecule has 0 saturated carbocycles. The molecule has 1 rings (SSSR count). The van der Waals surface area contributed by atoms with Gasteiger partial charge in [0.1, 0.15) is 0 Å². The Balaban J connectivity index is 3.05. The van der Waals surface area contributed by atoms with E-state index in [2.05, 4.69) is 5.32 Å². The highest BCUT2D eigenvalue weighted by Crippen LogP contribution is 2.20. The van der Waals surface area contributed by atoms with Crippen LogP contribution in [0.5, 0.6) is 0 Å². The fraction of sp³-hybridized carbons (Fsp3) is 0.462. The number of rotatable bonds is 4. The molecule has 0 aliphatic heterocycles. The number of hydrogen-bond acceptors (Lipinski definition) is 4. The summed E-state index contributed by atoms with van der Waals surface area (Å²) in [5.41, 5.74) is 7.02. The van der Waals surface area contributed by atoms with E-state index in [1.165, 1.54) is 12.1 Å². The smallest absolute Gasteiger partial charge is 0.241 e. The van der Waals surface area contributed by atoms with Crippen molar-refractivity contribution in [3.8, 4) is 0 Å². The van der Waals surface area contributed by atoms with Crippen LogP contribution >= 0.6 is 0 Å². The molecule has 0 saturated heterocycles. The Hall–Kier alpha value is -1.40. The second-order valence-corrected chi connectivity index (χ2v) is 7.02. The predicted molar refractivity (Wildman–Crippen MR) is 75.7 cm³/mol. The van der Waals surface area contributed by atoms with Gasteiger partial charge in [-0.1, -0.05) is 19.9 Å². The van der Waals surface area contributed by atoms with E-state index in [1.807, 2.05) is 13.8 Å². The first-order valence-corrected chi connectivity index (χ1v) is 7.89. The summed E-state index contributed by atoms with van der Waals surface area (Å²) < 4.78 is 23.0. The highest BCUT2D eigenvalue weighted by molar-refractivity contribution is 7.90. The van der Waals surface area contributed by atoms with Crippen LogP contribution in [0.1, 0.15) is 19.4 Å². The third-order valence-corrected chi connectivity index (χ3v) is 4.03. The number of nitrogens with two attached hydrogens (primary N) is 1. The molecule has 106 valence electrons. The lowest BCUT2D eigenvalue weighted by Crippen LogP contribution is -2.39. The fourth-order valence-corrected chi connectivity index (χ4v) is 2.13. The first kappa shape index (κ1) is 15.7. The maximum Gasteiger partial charge on any atom is 0.241 e. The fourth-order valence-electron chi connectivity index (χ4n) is 1.49. The van der Waals surface area contributed by atoms with E-state index in [0.29, 0.717) is 5.69 Å². The lowest BCUT2D eigenvalue weighted by atomic mass is 10.0. The average molecular weight is 284 g/mol. The maximum atomic E-state index is 11.9. The molecule has 19 heavy (non-hydrogen) atoms. The van der Waals surface area contributed by atoms with Crippen LogP contribution < -0.4 is 11.1 Å². The molecule has 1 aromatic carbocycles. The molecule has 0 unspecified atom stereocenters. The van der Waals surface area contributed by atoms with E-state index in [0.717, 1.165) is 11.8 Å². The molecule has 3 N–H and O–H groups in total. The van der Waals surface area contributed by atoms with Gasteiger partial charge in [-0.15, -0.1) is 0 Å². The van der Waals surface area contributed by atoms with Gasteiger partial charge >= 0.3 is 0 Å². The number of sulfone groups is 1. The van der Waals surface area contributed by atoms with Crippen LogP contribution in [0, 0.1) is 12.8 Å². The molecule has 0 fully saturated rings. The van der Waals surface area contributed by atoms with E-state index in [-0.39, 0.29) is 16.7 Å². The molecular weight excluding hydrogens is 264 g/mol. The molecular formula is C13H20N2O3S. The highest BCUT2D eigenvalue weighted by Gasteiger charge is 2.18. The molecule has 0 bridgehead atoms. The Kier molecular flexibility index (Phi) is 4.70. The van der Waals surface area contributed by atoms with Crippen molar-refractivity contribution in [2.45, 2.75) is 31.7 Å². The molecule has 0 spiro atoms. The topological polar surface area (TPSA) is 89.3 Å². The van der Waals surface area contributed by atoms with Crippen LogP contribution in [0.3, 0.4) is 0 Å². The van der Waals surface area contributed by atoms with Gasteiger partial charge in [-0.2, -0.15) is 0 Å². The molecule has 1 atom stereocenters. The van der Waals surface area contributed by atoms with Crippen molar-refractivity contribution in [1.82, 2.24) is 0 Å². The van der Waals surface area contributed by atoms with Gasteiger partial charge in [-0.05, 0) is 30.5 Å². The van der Waals surface area contributed by atoms with Crippen LogP contribution in [0.4, 0.5) is 5.69 Å². The number of carbonyl (C=O) groups is 1. The molecule has 5 nitrogen and oxygen atoms in total. The van der Waals surface area contributed by atoms with Crippen molar-refractivity contribution in [2.24, 2.45) is 11.7 Å². The number of hydrogen-bond donors (Lipinski definition) is 2. The maximum absolute atomic E-state index is 11.9. The van der Waals surface area contributed by atoms with Gasteiger partial charge in [0.05, 0.1) is 10.9 Å². The second kappa shape index (κ2) is 5.71. The Morgan fingerprint density at radius 3 is 2.37 bits per heavy atom. The Morgan fingerprint density at radius 2 is 1.89 bits per heavy atom. The minimum atomic E-state index is -3.30. The van der Waals surface area contributed by atoms with Gasteiger partial charge in [-0.25, -0.2) is 8.42 Å². The van der Waals surface area contributed by atoms with Crippen molar-refractivity contribution in [3.63, 3.8) is 0 Å². The van der Waals surface area contributed by atoms with Gasteiger partial charge < -0.3 is 11.1 Å². The number of amides is 1. The summed E-state index contributed by atoms with van der Waals surface area (Å²) in [5, 5.41) is 2.68. The normalized spacial score (nSPS) is 13.4. The van der Waals surface area contributed by atoms with E-state index < -0.39 is 15.9 Å². The summed E-state index contributed by atoms with van der Waals surface area (Å²) in [5.74, 6) is -0.304. The first-order valence-electron chi connectivity index (χ1n) is 6.00. The summed E-state index contributed by atoms with van der Waals surface area (Å²) in [7, 11) is -3.30. The second-order valence-electron chi connectivity index (χ2n) is 5.01. The number of carbonyl (C=O) groups excluding carboxylic acids is 1. The van der Waals surface area contributed by atoms with Crippen molar-refractivity contribution in [2.75, 3.05) is 11.6 Å². The number of nitrogens with one attached hydrogen (secondary N) is 1. The van der Waals surface area contributed by atoms with Crippen LogP contribution in [0.25, 0.3) is 0 Å². The van der Waals surface area contributed by atoms with Crippen molar-refractivity contribution in [3.05, 3.63) is 23.8 Å². The molecule has 6 heteroatoms. The minimum absolute atomic E-state index is 0.0124. The average Bonchev–Trinajstić information content (AvgIpc) is 2.29. The summed E-state index contributed by atoms with van der Waals surface area (Å²) in [6, 6.07) is 4.01. The summed E-state index contributed by atoms with van der Waals surface area (Å²) >= 11 is 0. The standard InChI is InChI=1S/C13H20N2O3S/c1-8(2)12(14)13(16)15-11-7-10(19(4,17)18)6-5-9(11)3/h5-8,12H,14H2,1-4H3,(H,15,16)/t12-/m0/s1. The van der Waals surface area contributed by atoms with Crippen LogP contribution in [-0.4, -0.2) is 26.6 Å². The van der Waals surface area contributed by atoms with Gasteiger partial charge in [0, 0.05) is 11.9 Å². The van der Waals surface area contributed by atoms with Gasteiger partial charge in [0.15, 0.2) is 9.84 Å². The lowest BCUT2D eigenvalue weighted by Gasteiger charge is -2.17. The molecule has 1 amide bonds. The first-order chi connectivity index (χ1) is 8.62.